The van der Waals surface area contributed by atoms with Crippen molar-refractivity contribution in [2.24, 2.45) is 5.92 Å². The van der Waals surface area contributed by atoms with Gasteiger partial charge in [-0.3, -0.25) is 4.79 Å². The van der Waals surface area contributed by atoms with Crippen LogP contribution in [0.5, 0.6) is 5.75 Å². The Morgan fingerprint density at radius 2 is 1.96 bits per heavy atom. The summed E-state index contributed by atoms with van der Waals surface area (Å²) in [5, 5.41) is 7.75. The lowest BCUT2D eigenvalue weighted by Gasteiger charge is -2.18. The molecular weight excluding hydrogens is 401 g/mol. The number of carbonyl (C=O) groups excluding carboxylic acids is 1. The fourth-order valence-corrected chi connectivity index (χ4v) is 2.96. The summed E-state index contributed by atoms with van der Waals surface area (Å²) in [7, 11) is 0. The first-order valence-electron chi connectivity index (χ1n) is 8.25. The lowest BCUT2D eigenvalue weighted by atomic mass is 10.0. The summed E-state index contributed by atoms with van der Waals surface area (Å²) in [5.41, 5.74) is 0. The molecule has 140 valence electrons. The Hall–Kier alpha value is -1.50. The first-order valence-corrected chi connectivity index (χ1v) is 9.38. The van der Waals surface area contributed by atoms with Gasteiger partial charge in [-0.2, -0.15) is 4.98 Å². The molecule has 9 heteroatoms. The van der Waals surface area contributed by atoms with Gasteiger partial charge in [-0.05, 0) is 24.8 Å². The molecule has 0 aliphatic heterocycles. The molecule has 1 aromatic heterocycles. The van der Waals surface area contributed by atoms with Crippen LogP contribution in [0.1, 0.15) is 50.4 Å². The number of benzene rings is 1. The highest BCUT2D eigenvalue weighted by Crippen LogP contribution is 2.38. The highest BCUT2D eigenvalue weighted by molar-refractivity contribution is 6.43. The van der Waals surface area contributed by atoms with E-state index in [-0.39, 0.29) is 29.2 Å². The molecule has 1 aromatic carbocycles. The molecule has 1 amide bonds. The first kappa shape index (κ1) is 19.3. The lowest BCUT2D eigenvalue weighted by molar-refractivity contribution is -0.124. The van der Waals surface area contributed by atoms with Crippen LogP contribution in [0.25, 0.3) is 0 Å². The maximum absolute atomic E-state index is 12.3. The van der Waals surface area contributed by atoms with Crippen LogP contribution in [0, 0.1) is 5.92 Å². The average molecular weight is 419 g/mol. The van der Waals surface area contributed by atoms with E-state index in [1.54, 1.807) is 0 Å². The van der Waals surface area contributed by atoms with Gasteiger partial charge in [0.2, 0.25) is 5.89 Å². The molecule has 0 radical (unpaired) electrons. The van der Waals surface area contributed by atoms with Crippen molar-refractivity contribution < 1.29 is 14.1 Å². The fraction of sp³-hybridized carbons (Fsp3) is 0.471. The number of hydrogen-bond acceptors (Lipinski definition) is 5. The number of hydrogen-bond donors (Lipinski definition) is 1. The predicted molar refractivity (Wildman–Crippen MR) is 99.0 cm³/mol. The second-order valence-electron chi connectivity index (χ2n) is 6.54. The van der Waals surface area contributed by atoms with Crippen LogP contribution in [-0.4, -0.2) is 22.7 Å². The summed E-state index contributed by atoms with van der Waals surface area (Å²) in [6.45, 7) is 3.69. The number of ether oxygens (including phenoxy) is 1. The first-order chi connectivity index (χ1) is 12.3. The normalized spacial score (nSPS) is 15.2. The molecule has 1 aliphatic carbocycles. The van der Waals surface area contributed by atoms with Crippen LogP contribution in [0.3, 0.4) is 0 Å². The van der Waals surface area contributed by atoms with E-state index in [2.05, 4.69) is 15.5 Å². The van der Waals surface area contributed by atoms with Crippen molar-refractivity contribution in [3.05, 3.63) is 38.9 Å². The molecule has 1 unspecified atom stereocenters. The van der Waals surface area contributed by atoms with E-state index in [0.29, 0.717) is 27.7 Å². The minimum Gasteiger partial charge on any atom is -0.482 e. The average Bonchev–Trinajstić information content (AvgIpc) is 3.32. The molecule has 1 atom stereocenters. The zero-order valence-electron chi connectivity index (χ0n) is 14.3. The second kappa shape index (κ2) is 8.03. The molecule has 1 N–H and O–H groups in total. The summed E-state index contributed by atoms with van der Waals surface area (Å²) in [6.07, 6.45) is 2.16. The topological polar surface area (TPSA) is 77.2 Å². The SMILES string of the molecule is CC(C)C(NC(=O)COc1cc(Cl)c(Cl)cc1Cl)c1nc(C2CC2)no1. The van der Waals surface area contributed by atoms with Crippen molar-refractivity contribution in [2.45, 2.75) is 38.6 Å². The number of aromatic nitrogens is 2. The van der Waals surface area contributed by atoms with E-state index >= 15 is 0 Å². The highest BCUT2D eigenvalue weighted by atomic mass is 35.5. The third-order valence-electron chi connectivity index (χ3n) is 3.98. The number of halogens is 3. The van der Waals surface area contributed by atoms with Gasteiger partial charge < -0.3 is 14.6 Å². The highest BCUT2D eigenvalue weighted by Gasteiger charge is 2.31. The molecule has 3 rings (SSSR count). The summed E-state index contributed by atoms with van der Waals surface area (Å²) in [6, 6.07) is 2.54. The molecule has 6 nitrogen and oxygen atoms in total. The lowest BCUT2D eigenvalue weighted by Crippen LogP contribution is -2.35. The summed E-state index contributed by atoms with van der Waals surface area (Å²) in [4.78, 5) is 16.7. The molecule has 0 spiro atoms. The van der Waals surface area contributed by atoms with Gasteiger partial charge in [0.05, 0.1) is 15.1 Å². The fourth-order valence-electron chi connectivity index (χ4n) is 2.37. The summed E-state index contributed by atoms with van der Waals surface area (Å²) >= 11 is 17.9. The van der Waals surface area contributed by atoms with E-state index in [9.17, 15) is 4.79 Å². The minimum atomic E-state index is -0.393. The third-order valence-corrected chi connectivity index (χ3v) is 5.00. The Kier molecular flexibility index (Phi) is 5.95. The maximum atomic E-state index is 12.3. The predicted octanol–water partition coefficient (Wildman–Crippen LogP) is 4.80. The maximum Gasteiger partial charge on any atom is 0.258 e. The second-order valence-corrected chi connectivity index (χ2v) is 7.76. The molecule has 1 fully saturated rings. The Morgan fingerprint density at radius 3 is 2.62 bits per heavy atom. The van der Waals surface area contributed by atoms with Crippen LogP contribution >= 0.6 is 34.8 Å². The number of nitrogens with zero attached hydrogens (tertiary/aromatic N) is 2. The van der Waals surface area contributed by atoms with Gasteiger partial charge in [0.1, 0.15) is 11.8 Å². The van der Waals surface area contributed by atoms with Crippen LogP contribution in [0.2, 0.25) is 15.1 Å². The Morgan fingerprint density at radius 1 is 1.27 bits per heavy atom. The summed E-state index contributed by atoms with van der Waals surface area (Å²) in [5.74, 6) is 1.51. The Bertz CT molecular complexity index is 806. The quantitative estimate of drug-likeness (QED) is 0.654. The third kappa shape index (κ3) is 4.61. The zero-order chi connectivity index (χ0) is 18.8. The van der Waals surface area contributed by atoms with Crippen molar-refractivity contribution in [1.29, 1.82) is 0 Å². The largest absolute Gasteiger partial charge is 0.482 e. The number of amides is 1. The van der Waals surface area contributed by atoms with Gasteiger partial charge in [0.15, 0.2) is 12.4 Å². The van der Waals surface area contributed by atoms with Crippen LogP contribution in [0.4, 0.5) is 0 Å². The van der Waals surface area contributed by atoms with Crippen molar-refractivity contribution in [3.63, 3.8) is 0 Å². The van der Waals surface area contributed by atoms with Crippen LogP contribution in [0.15, 0.2) is 16.7 Å². The van der Waals surface area contributed by atoms with Crippen molar-refractivity contribution in [3.8, 4) is 5.75 Å². The number of carbonyl (C=O) groups is 1. The van der Waals surface area contributed by atoms with Gasteiger partial charge in [-0.25, -0.2) is 0 Å². The van der Waals surface area contributed by atoms with Crippen molar-refractivity contribution >= 4 is 40.7 Å². The van der Waals surface area contributed by atoms with Gasteiger partial charge in [0, 0.05) is 12.0 Å². The molecule has 1 aliphatic rings. The minimum absolute atomic E-state index is 0.0695. The zero-order valence-corrected chi connectivity index (χ0v) is 16.5. The van der Waals surface area contributed by atoms with Crippen LogP contribution < -0.4 is 10.1 Å². The van der Waals surface area contributed by atoms with E-state index in [1.165, 1.54) is 12.1 Å². The number of rotatable bonds is 7. The molecule has 0 saturated heterocycles. The molecule has 26 heavy (non-hydrogen) atoms. The Labute approximate surface area is 166 Å². The van der Waals surface area contributed by atoms with E-state index in [4.69, 9.17) is 44.1 Å². The number of nitrogens with one attached hydrogen (secondary N) is 1. The molecule has 2 aromatic rings. The van der Waals surface area contributed by atoms with Gasteiger partial charge in [-0.15, -0.1) is 0 Å². The van der Waals surface area contributed by atoms with Crippen LogP contribution in [-0.2, 0) is 4.79 Å². The van der Waals surface area contributed by atoms with Crippen molar-refractivity contribution in [1.82, 2.24) is 15.5 Å². The Balaban J connectivity index is 1.62. The van der Waals surface area contributed by atoms with Gasteiger partial charge in [-0.1, -0.05) is 53.8 Å². The molecule has 1 saturated carbocycles. The van der Waals surface area contributed by atoms with E-state index in [0.717, 1.165) is 12.8 Å². The smallest absolute Gasteiger partial charge is 0.258 e. The molecular formula is C17H18Cl3N3O3. The van der Waals surface area contributed by atoms with Gasteiger partial charge >= 0.3 is 0 Å². The van der Waals surface area contributed by atoms with E-state index in [1.807, 2.05) is 13.8 Å². The van der Waals surface area contributed by atoms with Gasteiger partial charge in [0.25, 0.3) is 5.91 Å². The van der Waals surface area contributed by atoms with Crippen molar-refractivity contribution in [2.75, 3.05) is 6.61 Å². The summed E-state index contributed by atoms with van der Waals surface area (Å²) < 4.78 is 10.8. The monoisotopic (exact) mass is 417 g/mol. The standard InChI is InChI=1S/C17H18Cl3N3O3/c1-8(2)15(17-22-16(23-26-17)9-3-4-9)21-14(24)7-25-13-6-11(19)10(18)5-12(13)20/h5-6,8-9,15H,3-4,7H2,1-2H3,(H,21,24). The molecule has 0 bridgehead atoms. The van der Waals surface area contributed by atoms with E-state index < -0.39 is 6.04 Å². The molecule has 1 heterocycles.